The third kappa shape index (κ3) is 3.02. The van der Waals surface area contributed by atoms with Crippen molar-refractivity contribution in [1.29, 1.82) is 5.26 Å². The van der Waals surface area contributed by atoms with Crippen molar-refractivity contribution >= 4 is 0 Å². The Kier molecular flexibility index (Phi) is 4.22. The van der Waals surface area contributed by atoms with E-state index in [1.54, 1.807) is 0 Å². The third-order valence-corrected chi connectivity index (χ3v) is 3.60. The molecule has 96 valence electrons. The molecule has 0 spiro atoms. The Hall–Kier alpha value is -1.53. The predicted molar refractivity (Wildman–Crippen MR) is 69.4 cm³/mol. The SMILES string of the molecule is Cc1ccc(OC2CCC(CO)CC2)c(C#N)c1. The zero-order chi connectivity index (χ0) is 13.0. The molecule has 0 bridgehead atoms. The number of nitrogens with zero attached hydrogens (tertiary/aromatic N) is 1. The standard InChI is InChI=1S/C15H19NO2/c1-11-2-7-15(13(8-11)9-16)18-14-5-3-12(10-17)4-6-14/h2,7-8,12,14,17H,3-6,10H2,1H3. The second kappa shape index (κ2) is 5.88. The van der Waals surface area contributed by atoms with E-state index in [1.807, 2.05) is 25.1 Å². The molecule has 0 aromatic heterocycles. The minimum Gasteiger partial charge on any atom is -0.489 e. The minimum absolute atomic E-state index is 0.183. The maximum absolute atomic E-state index is 9.10. The van der Waals surface area contributed by atoms with Gasteiger partial charge in [-0.1, -0.05) is 6.07 Å². The molecule has 1 saturated carbocycles. The van der Waals surface area contributed by atoms with Crippen molar-refractivity contribution in [2.24, 2.45) is 5.92 Å². The van der Waals surface area contributed by atoms with Crippen molar-refractivity contribution in [2.75, 3.05) is 6.61 Å². The van der Waals surface area contributed by atoms with Crippen LogP contribution in [0.15, 0.2) is 18.2 Å². The van der Waals surface area contributed by atoms with Crippen molar-refractivity contribution in [3.63, 3.8) is 0 Å². The highest BCUT2D eigenvalue weighted by atomic mass is 16.5. The summed E-state index contributed by atoms with van der Waals surface area (Å²) in [5, 5.41) is 18.2. The first kappa shape index (κ1) is 12.9. The second-order valence-corrected chi connectivity index (χ2v) is 5.05. The lowest BCUT2D eigenvalue weighted by Gasteiger charge is -2.28. The summed E-state index contributed by atoms with van der Waals surface area (Å²) in [6.45, 7) is 2.25. The van der Waals surface area contributed by atoms with Gasteiger partial charge in [0.2, 0.25) is 0 Å². The van der Waals surface area contributed by atoms with Crippen molar-refractivity contribution < 1.29 is 9.84 Å². The van der Waals surface area contributed by atoms with Crippen LogP contribution in [0.25, 0.3) is 0 Å². The number of aliphatic hydroxyl groups excluding tert-OH is 1. The lowest BCUT2D eigenvalue weighted by molar-refractivity contribution is 0.104. The molecule has 1 aliphatic rings. The zero-order valence-corrected chi connectivity index (χ0v) is 10.7. The van der Waals surface area contributed by atoms with Crippen molar-refractivity contribution in [2.45, 2.75) is 38.7 Å². The van der Waals surface area contributed by atoms with Gasteiger partial charge in [0.05, 0.1) is 11.7 Å². The molecule has 1 aromatic rings. The fraction of sp³-hybridized carbons (Fsp3) is 0.533. The molecule has 0 radical (unpaired) electrons. The van der Waals surface area contributed by atoms with E-state index in [0.29, 0.717) is 17.2 Å². The van der Waals surface area contributed by atoms with Crippen LogP contribution in [0.4, 0.5) is 0 Å². The van der Waals surface area contributed by atoms with Crippen LogP contribution in [0.2, 0.25) is 0 Å². The average Bonchev–Trinajstić information content (AvgIpc) is 2.41. The number of rotatable bonds is 3. The molecule has 1 N–H and O–H groups in total. The van der Waals surface area contributed by atoms with Gasteiger partial charge in [-0.05, 0) is 56.2 Å². The molecule has 0 unspecified atom stereocenters. The Bertz CT molecular complexity index is 442. The number of aryl methyl sites for hydroxylation is 1. The number of benzene rings is 1. The van der Waals surface area contributed by atoms with E-state index in [9.17, 15) is 0 Å². The first-order valence-electron chi connectivity index (χ1n) is 6.51. The van der Waals surface area contributed by atoms with Crippen LogP contribution in [-0.2, 0) is 0 Å². The quantitative estimate of drug-likeness (QED) is 0.890. The van der Waals surface area contributed by atoms with Crippen LogP contribution in [0.3, 0.4) is 0 Å². The fourth-order valence-corrected chi connectivity index (χ4v) is 2.45. The summed E-state index contributed by atoms with van der Waals surface area (Å²) in [4.78, 5) is 0. The monoisotopic (exact) mass is 245 g/mol. The summed E-state index contributed by atoms with van der Waals surface area (Å²) in [5.74, 6) is 1.12. The van der Waals surface area contributed by atoms with Crippen LogP contribution in [0.5, 0.6) is 5.75 Å². The van der Waals surface area contributed by atoms with Crippen molar-refractivity contribution in [3.8, 4) is 11.8 Å². The Morgan fingerprint density at radius 1 is 1.33 bits per heavy atom. The molecule has 3 nitrogen and oxygen atoms in total. The molecular weight excluding hydrogens is 226 g/mol. The maximum Gasteiger partial charge on any atom is 0.137 e. The zero-order valence-electron chi connectivity index (χ0n) is 10.7. The summed E-state index contributed by atoms with van der Waals surface area (Å²) in [7, 11) is 0. The summed E-state index contributed by atoms with van der Waals surface area (Å²) >= 11 is 0. The highest BCUT2D eigenvalue weighted by molar-refractivity contribution is 5.45. The van der Waals surface area contributed by atoms with E-state index in [4.69, 9.17) is 15.1 Å². The van der Waals surface area contributed by atoms with Gasteiger partial charge >= 0.3 is 0 Å². The van der Waals surface area contributed by atoms with Crippen LogP contribution < -0.4 is 4.74 Å². The maximum atomic E-state index is 9.10. The lowest BCUT2D eigenvalue weighted by atomic mass is 9.88. The number of hydrogen-bond donors (Lipinski definition) is 1. The fourth-order valence-electron chi connectivity index (χ4n) is 2.45. The Balaban J connectivity index is 2.00. The van der Waals surface area contributed by atoms with Crippen LogP contribution in [0, 0.1) is 24.2 Å². The number of hydrogen-bond acceptors (Lipinski definition) is 3. The molecule has 1 fully saturated rings. The Morgan fingerprint density at radius 2 is 2.06 bits per heavy atom. The summed E-state index contributed by atoms with van der Waals surface area (Å²) in [6, 6.07) is 7.89. The second-order valence-electron chi connectivity index (χ2n) is 5.05. The number of ether oxygens (including phenoxy) is 1. The molecule has 0 amide bonds. The summed E-state index contributed by atoms with van der Waals surface area (Å²) in [6.07, 6.45) is 4.13. The molecular formula is C15H19NO2. The van der Waals surface area contributed by atoms with Crippen molar-refractivity contribution in [3.05, 3.63) is 29.3 Å². The van der Waals surface area contributed by atoms with Gasteiger partial charge in [0.1, 0.15) is 11.8 Å². The van der Waals surface area contributed by atoms with E-state index < -0.39 is 0 Å². The largest absolute Gasteiger partial charge is 0.489 e. The third-order valence-electron chi connectivity index (χ3n) is 3.60. The van der Waals surface area contributed by atoms with E-state index in [0.717, 1.165) is 31.2 Å². The first-order valence-corrected chi connectivity index (χ1v) is 6.51. The van der Waals surface area contributed by atoms with Crippen LogP contribution >= 0.6 is 0 Å². The Morgan fingerprint density at radius 3 is 2.67 bits per heavy atom. The Labute approximate surface area is 108 Å². The molecule has 1 aromatic carbocycles. The normalized spacial score (nSPS) is 23.4. The van der Waals surface area contributed by atoms with Gasteiger partial charge in [0.15, 0.2) is 0 Å². The molecule has 1 aliphatic carbocycles. The van der Waals surface area contributed by atoms with E-state index in [-0.39, 0.29) is 12.7 Å². The van der Waals surface area contributed by atoms with Gasteiger partial charge in [-0.2, -0.15) is 5.26 Å². The lowest BCUT2D eigenvalue weighted by Crippen LogP contribution is -2.25. The number of aliphatic hydroxyl groups is 1. The van der Waals surface area contributed by atoms with Crippen LogP contribution in [-0.4, -0.2) is 17.8 Å². The smallest absolute Gasteiger partial charge is 0.137 e. The van der Waals surface area contributed by atoms with Gasteiger partial charge in [-0.25, -0.2) is 0 Å². The molecule has 0 atom stereocenters. The molecule has 0 saturated heterocycles. The summed E-state index contributed by atoms with van der Waals surface area (Å²) in [5.41, 5.74) is 1.68. The molecule has 0 heterocycles. The molecule has 0 aliphatic heterocycles. The van der Waals surface area contributed by atoms with E-state index in [1.165, 1.54) is 0 Å². The summed E-state index contributed by atoms with van der Waals surface area (Å²) < 4.78 is 5.92. The highest BCUT2D eigenvalue weighted by Gasteiger charge is 2.22. The molecule has 2 rings (SSSR count). The van der Waals surface area contributed by atoms with Gasteiger partial charge in [-0.3, -0.25) is 0 Å². The van der Waals surface area contributed by atoms with Gasteiger partial charge in [0, 0.05) is 6.61 Å². The topological polar surface area (TPSA) is 53.2 Å². The predicted octanol–water partition coefficient (Wildman–Crippen LogP) is 2.80. The van der Waals surface area contributed by atoms with Gasteiger partial charge in [-0.15, -0.1) is 0 Å². The van der Waals surface area contributed by atoms with Gasteiger partial charge in [0.25, 0.3) is 0 Å². The molecule has 18 heavy (non-hydrogen) atoms. The van der Waals surface area contributed by atoms with E-state index >= 15 is 0 Å². The van der Waals surface area contributed by atoms with Gasteiger partial charge < -0.3 is 9.84 Å². The molecule has 3 heteroatoms. The average molecular weight is 245 g/mol. The van der Waals surface area contributed by atoms with Crippen molar-refractivity contribution in [1.82, 2.24) is 0 Å². The minimum atomic E-state index is 0.183. The van der Waals surface area contributed by atoms with Crippen LogP contribution in [0.1, 0.15) is 36.8 Å². The first-order chi connectivity index (χ1) is 8.72. The van der Waals surface area contributed by atoms with E-state index in [2.05, 4.69) is 6.07 Å². The highest BCUT2D eigenvalue weighted by Crippen LogP contribution is 2.29. The number of nitriles is 1.